The van der Waals surface area contributed by atoms with Crippen LogP contribution in [-0.2, 0) is 0 Å². The first kappa shape index (κ1) is 8.58. The lowest BCUT2D eigenvalue weighted by atomic mass is 10.6. The molecule has 0 saturated carbocycles. The molecule has 68 valence electrons. The van der Waals surface area contributed by atoms with Crippen molar-refractivity contribution in [3.63, 3.8) is 0 Å². The molecule has 0 saturated heterocycles. The van der Waals surface area contributed by atoms with E-state index in [0.29, 0.717) is 16.3 Å². The van der Waals surface area contributed by atoms with Gasteiger partial charge in [-0.05, 0) is 6.26 Å². The van der Waals surface area contributed by atoms with Gasteiger partial charge in [0.15, 0.2) is 16.0 Å². The van der Waals surface area contributed by atoms with Gasteiger partial charge in [-0.2, -0.15) is 0 Å². The molecule has 2 N–H and O–H groups in total. The first-order valence-electron chi connectivity index (χ1n) is 3.40. The molecule has 0 aliphatic heterocycles. The van der Waals surface area contributed by atoms with Gasteiger partial charge in [0.1, 0.15) is 5.52 Å². The van der Waals surface area contributed by atoms with Crippen molar-refractivity contribution in [2.75, 3.05) is 6.26 Å². The largest absolute Gasteiger partial charge is 0.325 e. The number of hydrogen-bond acceptors (Lipinski definition) is 4. The van der Waals surface area contributed by atoms with E-state index in [1.807, 2.05) is 6.26 Å². The smallest absolute Gasteiger partial charge is 0.302 e. The van der Waals surface area contributed by atoms with E-state index in [1.165, 1.54) is 11.8 Å². The number of nitrogens with one attached hydrogen (secondary N) is 2. The first-order valence-corrected chi connectivity index (χ1v) is 5.00. The van der Waals surface area contributed by atoms with Gasteiger partial charge in [-0.25, -0.2) is 14.8 Å². The van der Waals surface area contributed by atoms with Crippen molar-refractivity contribution in [1.29, 1.82) is 0 Å². The number of hydrogen-bond donors (Lipinski definition) is 2. The lowest BCUT2D eigenvalue weighted by Crippen LogP contribution is -1.99. The van der Waals surface area contributed by atoms with Gasteiger partial charge in [-0.3, -0.25) is 4.98 Å². The van der Waals surface area contributed by atoms with Crippen molar-refractivity contribution in [3.05, 3.63) is 15.6 Å². The zero-order valence-electron chi connectivity index (χ0n) is 6.59. The van der Waals surface area contributed by atoms with Gasteiger partial charge in [-0.15, -0.1) is 0 Å². The van der Waals surface area contributed by atoms with Crippen molar-refractivity contribution in [2.45, 2.75) is 5.16 Å². The summed E-state index contributed by atoms with van der Waals surface area (Å²) in [5.74, 6) is 0. The number of aromatic nitrogens is 4. The monoisotopic (exact) mass is 216 g/mol. The van der Waals surface area contributed by atoms with Crippen LogP contribution >= 0.6 is 23.4 Å². The molecule has 13 heavy (non-hydrogen) atoms. The fourth-order valence-corrected chi connectivity index (χ4v) is 1.59. The zero-order chi connectivity index (χ0) is 9.42. The van der Waals surface area contributed by atoms with Crippen LogP contribution in [-0.4, -0.2) is 26.2 Å². The maximum atomic E-state index is 10.9. The van der Waals surface area contributed by atoms with Crippen molar-refractivity contribution in [1.82, 2.24) is 19.9 Å². The summed E-state index contributed by atoms with van der Waals surface area (Å²) < 4.78 is 0. The lowest BCUT2D eigenvalue weighted by Gasteiger charge is -1.95. The van der Waals surface area contributed by atoms with Crippen molar-refractivity contribution in [2.24, 2.45) is 0 Å². The Morgan fingerprint density at radius 1 is 1.38 bits per heavy atom. The number of halogens is 1. The Morgan fingerprint density at radius 3 is 2.85 bits per heavy atom. The van der Waals surface area contributed by atoms with Crippen LogP contribution in [0.15, 0.2) is 9.95 Å². The molecule has 0 fully saturated rings. The van der Waals surface area contributed by atoms with Crippen LogP contribution in [0.3, 0.4) is 0 Å². The van der Waals surface area contributed by atoms with Gasteiger partial charge < -0.3 is 4.98 Å². The molecule has 0 amide bonds. The SMILES string of the molecule is CSc1nc(Cl)c2[nH]c(=O)[nH]c2n1. The highest BCUT2D eigenvalue weighted by atomic mass is 35.5. The second-order valence-corrected chi connectivity index (χ2v) is 3.44. The Kier molecular flexibility index (Phi) is 2.01. The minimum absolute atomic E-state index is 0.257. The van der Waals surface area contributed by atoms with Gasteiger partial charge in [0, 0.05) is 0 Å². The number of aromatic amines is 2. The van der Waals surface area contributed by atoms with E-state index >= 15 is 0 Å². The summed E-state index contributed by atoms with van der Waals surface area (Å²) in [5, 5.41) is 0.792. The summed E-state index contributed by atoms with van der Waals surface area (Å²) >= 11 is 7.16. The van der Waals surface area contributed by atoms with E-state index in [9.17, 15) is 4.79 Å². The van der Waals surface area contributed by atoms with E-state index in [1.54, 1.807) is 0 Å². The molecule has 0 aromatic carbocycles. The molecule has 2 rings (SSSR count). The molecule has 7 heteroatoms. The third kappa shape index (κ3) is 1.42. The number of nitrogens with zero attached hydrogens (tertiary/aromatic N) is 2. The molecule has 0 atom stereocenters. The van der Waals surface area contributed by atoms with E-state index in [0.717, 1.165) is 0 Å². The second-order valence-electron chi connectivity index (χ2n) is 2.30. The van der Waals surface area contributed by atoms with Crippen molar-refractivity contribution in [3.8, 4) is 0 Å². The van der Waals surface area contributed by atoms with Crippen LogP contribution in [0, 0.1) is 0 Å². The van der Waals surface area contributed by atoms with E-state index in [-0.39, 0.29) is 10.8 Å². The highest BCUT2D eigenvalue weighted by Gasteiger charge is 2.07. The zero-order valence-corrected chi connectivity index (χ0v) is 8.16. The summed E-state index contributed by atoms with van der Waals surface area (Å²) in [4.78, 5) is 23.9. The third-order valence-corrected chi connectivity index (χ3v) is 2.32. The Hall–Kier alpha value is -1.01. The topological polar surface area (TPSA) is 74.4 Å². The minimum Gasteiger partial charge on any atom is -0.302 e. The minimum atomic E-state index is -0.329. The average Bonchev–Trinajstić information content (AvgIpc) is 2.46. The van der Waals surface area contributed by atoms with Crippen LogP contribution < -0.4 is 5.69 Å². The molecule has 2 aromatic rings. The predicted molar refractivity (Wildman–Crippen MR) is 51.3 cm³/mol. The summed E-state index contributed by atoms with van der Waals surface area (Å²) in [6, 6.07) is 0. The maximum absolute atomic E-state index is 10.9. The molecule has 0 spiro atoms. The van der Waals surface area contributed by atoms with Crippen LogP contribution in [0.25, 0.3) is 11.2 Å². The fourth-order valence-electron chi connectivity index (χ4n) is 0.959. The molecular weight excluding hydrogens is 212 g/mol. The molecular formula is C6H5ClN4OS. The van der Waals surface area contributed by atoms with Gasteiger partial charge in [0.2, 0.25) is 0 Å². The molecule has 0 aliphatic rings. The van der Waals surface area contributed by atoms with Gasteiger partial charge in [0.05, 0.1) is 0 Å². The maximum Gasteiger partial charge on any atom is 0.325 e. The molecule has 2 heterocycles. The van der Waals surface area contributed by atoms with Crippen LogP contribution in [0.2, 0.25) is 5.15 Å². The molecule has 0 aliphatic carbocycles. The van der Waals surface area contributed by atoms with E-state index < -0.39 is 0 Å². The number of H-pyrrole nitrogens is 2. The summed E-state index contributed by atoms with van der Waals surface area (Å²) in [7, 11) is 0. The average molecular weight is 217 g/mol. The number of rotatable bonds is 1. The highest BCUT2D eigenvalue weighted by Crippen LogP contribution is 2.18. The van der Waals surface area contributed by atoms with Gasteiger partial charge in [-0.1, -0.05) is 23.4 Å². The van der Waals surface area contributed by atoms with Crippen LogP contribution in [0.5, 0.6) is 0 Å². The van der Waals surface area contributed by atoms with Crippen LogP contribution in [0.1, 0.15) is 0 Å². The Bertz CT molecular complexity index is 505. The second kappa shape index (κ2) is 3.04. The Balaban J connectivity index is 2.83. The molecule has 2 aromatic heterocycles. The highest BCUT2D eigenvalue weighted by molar-refractivity contribution is 7.98. The van der Waals surface area contributed by atoms with Crippen molar-refractivity contribution < 1.29 is 0 Å². The number of thioether (sulfide) groups is 1. The normalized spacial score (nSPS) is 10.9. The summed E-state index contributed by atoms with van der Waals surface area (Å²) in [6.45, 7) is 0. The predicted octanol–water partition coefficient (Wildman–Crippen LogP) is 1.02. The quantitative estimate of drug-likeness (QED) is 0.424. The molecule has 0 bridgehead atoms. The van der Waals surface area contributed by atoms with E-state index in [4.69, 9.17) is 11.6 Å². The van der Waals surface area contributed by atoms with Crippen molar-refractivity contribution >= 4 is 34.5 Å². The Morgan fingerprint density at radius 2 is 2.15 bits per heavy atom. The Labute approximate surface area is 81.9 Å². The van der Waals surface area contributed by atoms with E-state index in [2.05, 4.69) is 19.9 Å². The first-order chi connectivity index (χ1) is 6.20. The molecule has 0 unspecified atom stereocenters. The third-order valence-electron chi connectivity index (χ3n) is 1.50. The number of imidazole rings is 1. The lowest BCUT2D eigenvalue weighted by molar-refractivity contribution is 0.997. The van der Waals surface area contributed by atoms with Gasteiger partial charge in [0.25, 0.3) is 0 Å². The fraction of sp³-hybridized carbons (Fsp3) is 0.167. The standard InChI is InChI=1S/C6H5ClN4OS/c1-13-6-9-3(7)2-4(11-6)10-5(12)8-2/h1H3,(H2,8,9,10,11,12). The summed E-state index contributed by atoms with van der Waals surface area (Å²) in [6.07, 6.45) is 1.84. The van der Waals surface area contributed by atoms with Gasteiger partial charge >= 0.3 is 5.69 Å². The molecule has 5 nitrogen and oxygen atoms in total. The van der Waals surface area contributed by atoms with Crippen LogP contribution in [0.4, 0.5) is 0 Å². The summed E-state index contributed by atoms with van der Waals surface area (Å²) in [5.41, 5.74) is 0.559. The molecule has 0 radical (unpaired) electrons. The number of fused-ring (bicyclic) bond motifs is 1.